The number of aromatic amines is 1. The number of alkyl halides is 2. The number of H-pyrrole nitrogens is 1. The van der Waals surface area contributed by atoms with Crippen LogP contribution in [0.3, 0.4) is 0 Å². The van der Waals surface area contributed by atoms with Crippen LogP contribution in [0.2, 0.25) is 0 Å². The van der Waals surface area contributed by atoms with Crippen LogP contribution in [0.15, 0.2) is 58.7 Å². The van der Waals surface area contributed by atoms with E-state index in [0.29, 0.717) is 28.4 Å². The molecule has 0 spiro atoms. The SMILES string of the molecule is CC(C)c1cc(Nc2nc(Sc3ccc(NC(=O)CN4CC(F)(F)CC4CO)cc3)nn3cccc23)n[nH]1. The third-order valence-electron chi connectivity index (χ3n) is 6.23. The van der Waals surface area contributed by atoms with Crippen LogP contribution in [-0.2, 0) is 4.79 Å². The molecule has 1 aromatic carbocycles. The highest BCUT2D eigenvalue weighted by Gasteiger charge is 2.45. The van der Waals surface area contributed by atoms with E-state index in [1.54, 1.807) is 16.6 Å². The van der Waals surface area contributed by atoms with E-state index >= 15 is 0 Å². The van der Waals surface area contributed by atoms with Gasteiger partial charge in [-0.05, 0) is 54.1 Å². The van der Waals surface area contributed by atoms with Gasteiger partial charge in [-0.2, -0.15) is 5.10 Å². The van der Waals surface area contributed by atoms with E-state index in [1.807, 2.05) is 36.5 Å². The highest BCUT2D eigenvalue weighted by atomic mass is 32.2. The Kier molecular flexibility index (Phi) is 7.32. The van der Waals surface area contributed by atoms with Gasteiger partial charge in [0.2, 0.25) is 11.1 Å². The number of nitrogens with zero attached hydrogens (tertiary/aromatic N) is 5. The molecule has 0 aliphatic carbocycles. The summed E-state index contributed by atoms with van der Waals surface area (Å²) < 4.78 is 29.1. The van der Waals surface area contributed by atoms with Gasteiger partial charge in [0.1, 0.15) is 5.52 Å². The average Bonchev–Trinajstić information content (AvgIpc) is 3.59. The number of rotatable bonds is 9. The summed E-state index contributed by atoms with van der Waals surface area (Å²) in [5, 5.41) is 27.8. The second-order valence-corrected chi connectivity index (χ2v) is 10.6. The highest BCUT2D eigenvalue weighted by molar-refractivity contribution is 7.99. The van der Waals surface area contributed by atoms with Crippen molar-refractivity contribution in [3.05, 3.63) is 54.4 Å². The normalized spacial score (nSPS) is 17.4. The standard InChI is InChI=1S/C25H28F2N8O2S/c1-15(2)19-10-21(32-31-19)29-23-20-4-3-9-35(20)33-24(30-23)38-18-7-5-16(6-8-18)28-22(37)12-34-14-25(26,27)11-17(34)13-36/h3-10,15,17,36H,11-14H2,1-2H3,(H,28,37)(H2,29,30,31,32,33). The molecule has 0 saturated carbocycles. The molecule has 1 fully saturated rings. The molecule has 1 atom stereocenters. The third-order valence-corrected chi connectivity index (χ3v) is 7.09. The van der Waals surface area contributed by atoms with Crippen molar-refractivity contribution in [2.24, 2.45) is 0 Å². The van der Waals surface area contributed by atoms with Gasteiger partial charge in [-0.25, -0.2) is 18.3 Å². The van der Waals surface area contributed by atoms with Crippen molar-refractivity contribution in [3.8, 4) is 0 Å². The van der Waals surface area contributed by atoms with Crippen molar-refractivity contribution in [1.82, 2.24) is 29.7 Å². The molecule has 1 amide bonds. The lowest BCUT2D eigenvalue weighted by molar-refractivity contribution is -0.117. The Bertz CT molecular complexity index is 1420. The Hall–Kier alpha value is -3.55. The maximum Gasteiger partial charge on any atom is 0.262 e. The zero-order valence-electron chi connectivity index (χ0n) is 20.9. The first-order valence-corrected chi connectivity index (χ1v) is 13.0. The van der Waals surface area contributed by atoms with Crippen LogP contribution in [0, 0.1) is 0 Å². The van der Waals surface area contributed by atoms with Gasteiger partial charge in [0, 0.05) is 41.0 Å². The molecule has 1 saturated heterocycles. The molecular formula is C25H28F2N8O2S. The van der Waals surface area contributed by atoms with Crippen LogP contribution in [0.5, 0.6) is 0 Å². The molecule has 5 rings (SSSR count). The second-order valence-electron chi connectivity index (χ2n) is 9.55. The number of likely N-dealkylation sites (tertiary alicyclic amines) is 1. The Morgan fingerprint density at radius 1 is 1.29 bits per heavy atom. The summed E-state index contributed by atoms with van der Waals surface area (Å²) in [4.78, 5) is 19.3. The molecule has 38 heavy (non-hydrogen) atoms. The third kappa shape index (κ3) is 5.95. The molecule has 4 N–H and O–H groups in total. The largest absolute Gasteiger partial charge is 0.395 e. The number of aromatic nitrogens is 5. The van der Waals surface area contributed by atoms with Crippen molar-refractivity contribution < 1.29 is 18.7 Å². The minimum Gasteiger partial charge on any atom is -0.395 e. The summed E-state index contributed by atoms with van der Waals surface area (Å²) >= 11 is 1.35. The minimum absolute atomic E-state index is 0.216. The summed E-state index contributed by atoms with van der Waals surface area (Å²) in [6.07, 6.45) is 1.39. The molecule has 200 valence electrons. The molecule has 4 heterocycles. The molecule has 0 bridgehead atoms. The van der Waals surface area contributed by atoms with Crippen LogP contribution in [0.25, 0.3) is 5.52 Å². The van der Waals surface area contributed by atoms with Gasteiger partial charge in [-0.15, -0.1) is 5.10 Å². The van der Waals surface area contributed by atoms with Crippen LogP contribution < -0.4 is 10.6 Å². The Morgan fingerprint density at radius 2 is 2.08 bits per heavy atom. The lowest BCUT2D eigenvalue weighted by Crippen LogP contribution is -2.39. The van der Waals surface area contributed by atoms with Gasteiger partial charge in [0.15, 0.2) is 11.6 Å². The van der Waals surface area contributed by atoms with Gasteiger partial charge in [-0.3, -0.25) is 14.8 Å². The van der Waals surface area contributed by atoms with Gasteiger partial charge in [-0.1, -0.05) is 13.8 Å². The number of nitrogens with one attached hydrogen (secondary N) is 3. The number of fused-ring (bicyclic) bond motifs is 1. The van der Waals surface area contributed by atoms with Crippen molar-refractivity contribution in [2.75, 3.05) is 30.3 Å². The average molecular weight is 543 g/mol. The summed E-state index contributed by atoms with van der Waals surface area (Å²) in [5.74, 6) is -1.72. The smallest absolute Gasteiger partial charge is 0.262 e. The van der Waals surface area contributed by atoms with Crippen molar-refractivity contribution in [1.29, 1.82) is 0 Å². The monoisotopic (exact) mass is 542 g/mol. The zero-order valence-corrected chi connectivity index (χ0v) is 21.7. The number of halogens is 2. The number of aliphatic hydroxyl groups is 1. The topological polar surface area (TPSA) is 123 Å². The van der Waals surface area contributed by atoms with Crippen molar-refractivity contribution in [3.63, 3.8) is 0 Å². The number of benzene rings is 1. The Labute approximate surface area is 221 Å². The van der Waals surface area contributed by atoms with Crippen molar-refractivity contribution in [2.45, 2.75) is 48.2 Å². The maximum atomic E-state index is 13.7. The predicted octanol–water partition coefficient (Wildman–Crippen LogP) is 4.11. The highest BCUT2D eigenvalue weighted by Crippen LogP contribution is 2.32. The molecule has 0 radical (unpaired) electrons. The molecular weight excluding hydrogens is 514 g/mol. The Balaban J connectivity index is 1.24. The predicted molar refractivity (Wildman–Crippen MR) is 140 cm³/mol. The first kappa shape index (κ1) is 26.1. The van der Waals surface area contributed by atoms with E-state index in [2.05, 4.69) is 44.8 Å². The molecule has 10 nitrogen and oxygen atoms in total. The summed E-state index contributed by atoms with van der Waals surface area (Å²) in [6.45, 7) is 3.00. The Morgan fingerprint density at radius 3 is 2.79 bits per heavy atom. The number of carbonyl (C=O) groups is 1. The number of hydrogen-bond donors (Lipinski definition) is 4. The number of carbonyl (C=O) groups excluding carboxylic acids is 1. The summed E-state index contributed by atoms with van der Waals surface area (Å²) in [6, 6.07) is 12.1. The van der Waals surface area contributed by atoms with Gasteiger partial charge in [0.05, 0.1) is 19.7 Å². The quantitative estimate of drug-likeness (QED) is 0.249. The number of amides is 1. The van der Waals surface area contributed by atoms with E-state index in [0.717, 1.165) is 16.1 Å². The first-order valence-electron chi connectivity index (χ1n) is 12.2. The van der Waals surface area contributed by atoms with Gasteiger partial charge >= 0.3 is 0 Å². The molecule has 1 aliphatic heterocycles. The first-order chi connectivity index (χ1) is 18.2. The number of aliphatic hydroxyl groups excluding tert-OH is 1. The number of anilines is 3. The molecule has 1 unspecified atom stereocenters. The van der Waals surface area contributed by atoms with E-state index in [1.165, 1.54) is 16.7 Å². The van der Waals surface area contributed by atoms with E-state index in [-0.39, 0.29) is 6.54 Å². The van der Waals surface area contributed by atoms with Crippen LogP contribution in [0.4, 0.5) is 26.1 Å². The van der Waals surface area contributed by atoms with Gasteiger partial charge < -0.3 is 15.7 Å². The lowest BCUT2D eigenvalue weighted by atomic mass is 10.1. The zero-order chi connectivity index (χ0) is 26.9. The lowest BCUT2D eigenvalue weighted by Gasteiger charge is -2.21. The van der Waals surface area contributed by atoms with Crippen LogP contribution in [0.1, 0.15) is 31.9 Å². The van der Waals surface area contributed by atoms with Crippen LogP contribution >= 0.6 is 11.8 Å². The van der Waals surface area contributed by atoms with E-state index in [9.17, 15) is 18.7 Å². The van der Waals surface area contributed by atoms with Crippen molar-refractivity contribution >= 4 is 40.5 Å². The molecule has 3 aromatic heterocycles. The maximum absolute atomic E-state index is 13.7. The second kappa shape index (κ2) is 10.7. The molecule has 13 heteroatoms. The van der Waals surface area contributed by atoms with Crippen LogP contribution in [-0.4, -0.2) is 72.4 Å². The summed E-state index contributed by atoms with van der Waals surface area (Å²) in [7, 11) is 0. The number of hydrogen-bond acceptors (Lipinski definition) is 8. The van der Waals surface area contributed by atoms with Gasteiger partial charge in [0.25, 0.3) is 5.92 Å². The summed E-state index contributed by atoms with van der Waals surface area (Å²) in [5.41, 5.74) is 2.36. The fraction of sp³-hybridized carbons (Fsp3) is 0.360. The molecule has 1 aliphatic rings. The van der Waals surface area contributed by atoms with E-state index < -0.39 is 37.4 Å². The molecule has 4 aromatic rings. The fourth-order valence-electron chi connectivity index (χ4n) is 4.29. The van der Waals surface area contributed by atoms with E-state index in [4.69, 9.17) is 0 Å². The minimum atomic E-state index is -2.90. The fourth-order valence-corrected chi connectivity index (χ4v) is 5.04.